The maximum Gasteiger partial charge on any atom is 0.263 e. The summed E-state index contributed by atoms with van der Waals surface area (Å²) in [6, 6.07) is 0. The minimum absolute atomic E-state index is 0.0341. The molecule has 3 aliphatic carbocycles. The van der Waals surface area contributed by atoms with E-state index in [1.54, 1.807) is 24.4 Å². The van der Waals surface area contributed by atoms with E-state index in [2.05, 4.69) is 15.8 Å². The summed E-state index contributed by atoms with van der Waals surface area (Å²) in [6.45, 7) is 0. The molecule has 0 radical (unpaired) electrons. The highest BCUT2D eigenvalue weighted by Crippen LogP contribution is 2.33. The molecule has 32 heavy (non-hydrogen) atoms. The maximum absolute atomic E-state index is 12.9. The predicted molar refractivity (Wildman–Crippen MR) is 130 cm³/mol. The molecule has 4 aliphatic rings. The largest absolute Gasteiger partial charge is 0.458 e. The third-order valence-corrected chi connectivity index (χ3v) is 7.38. The van der Waals surface area contributed by atoms with Crippen molar-refractivity contribution in [3.8, 4) is 0 Å². The van der Waals surface area contributed by atoms with E-state index in [1.165, 1.54) is 18.2 Å². The first-order valence-corrected chi connectivity index (χ1v) is 12.5. The number of dihydropyridines is 1. The van der Waals surface area contributed by atoms with Crippen LogP contribution in [0.5, 0.6) is 0 Å². The maximum atomic E-state index is 12.9. The van der Waals surface area contributed by atoms with E-state index in [-0.39, 0.29) is 33.0 Å². The Bertz CT molecular complexity index is 1240. The zero-order valence-corrected chi connectivity index (χ0v) is 19.8. The molecule has 1 N–H and O–H groups in total. The first-order chi connectivity index (χ1) is 15.3. The number of allylic oxidation sites excluding steroid dienone is 14. The van der Waals surface area contributed by atoms with Gasteiger partial charge < -0.3 is 4.74 Å². The monoisotopic (exact) mass is 508 g/mol. The number of hydrogen-bond donors (Lipinski definition) is 1. The van der Waals surface area contributed by atoms with Gasteiger partial charge in [-0.3, -0.25) is 9.71 Å². The molecule has 0 saturated heterocycles. The Balaban J connectivity index is 1.57. The lowest BCUT2D eigenvalue weighted by Crippen LogP contribution is -2.24. The van der Waals surface area contributed by atoms with Gasteiger partial charge in [0.25, 0.3) is 10.0 Å². The zero-order valence-electron chi connectivity index (χ0n) is 16.8. The van der Waals surface area contributed by atoms with E-state index in [9.17, 15) is 8.42 Å². The molecule has 0 bridgehead atoms. The van der Waals surface area contributed by atoms with Crippen LogP contribution in [0.1, 0.15) is 19.3 Å². The molecule has 1 atom stereocenters. The summed E-state index contributed by atoms with van der Waals surface area (Å²) < 4.78 is 34.3. The van der Waals surface area contributed by atoms with Crippen LogP contribution >= 0.6 is 34.8 Å². The number of nitrogens with one attached hydrogen (secondary N) is 1. The van der Waals surface area contributed by atoms with Crippen molar-refractivity contribution in [2.75, 3.05) is 0 Å². The van der Waals surface area contributed by atoms with Crippen LogP contribution in [-0.4, -0.2) is 14.6 Å². The number of fused-ring (bicyclic) bond motifs is 1. The number of hydrogen-bond acceptors (Lipinski definition) is 4. The van der Waals surface area contributed by atoms with Crippen molar-refractivity contribution >= 4 is 51.0 Å². The van der Waals surface area contributed by atoms with E-state index in [1.807, 2.05) is 18.2 Å². The van der Waals surface area contributed by atoms with Crippen LogP contribution in [0.25, 0.3) is 0 Å². The summed E-state index contributed by atoms with van der Waals surface area (Å²) in [4.78, 5) is 4.40. The van der Waals surface area contributed by atoms with Gasteiger partial charge in [-0.1, -0.05) is 65.2 Å². The van der Waals surface area contributed by atoms with Crippen molar-refractivity contribution in [1.82, 2.24) is 4.72 Å². The molecule has 0 aromatic rings. The van der Waals surface area contributed by atoms with Crippen LogP contribution in [0.4, 0.5) is 0 Å². The van der Waals surface area contributed by atoms with Gasteiger partial charge in [-0.25, -0.2) is 8.42 Å². The third kappa shape index (κ3) is 5.38. The van der Waals surface area contributed by atoms with Gasteiger partial charge in [0.1, 0.15) is 16.4 Å². The Hall–Kier alpha value is -2.25. The summed E-state index contributed by atoms with van der Waals surface area (Å²) in [5.41, 5.74) is 1.18. The number of halogens is 3. The van der Waals surface area contributed by atoms with Crippen molar-refractivity contribution in [2.24, 2.45) is 10.9 Å². The second-order valence-corrected chi connectivity index (χ2v) is 10.2. The predicted octanol–water partition coefficient (Wildman–Crippen LogP) is 6.18. The van der Waals surface area contributed by atoms with Gasteiger partial charge >= 0.3 is 0 Å². The van der Waals surface area contributed by atoms with Gasteiger partial charge in [-0.05, 0) is 43.2 Å². The lowest BCUT2D eigenvalue weighted by atomic mass is 9.95. The molecule has 5 nitrogen and oxygen atoms in total. The summed E-state index contributed by atoms with van der Waals surface area (Å²) in [5.74, 6) is 1.10. The zero-order chi connectivity index (χ0) is 22.7. The lowest BCUT2D eigenvalue weighted by molar-refractivity contribution is 0.316. The molecule has 4 rings (SSSR count). The van der Waals surface area contributed by atoms with Crippen molar-refractivity contribution in [1.29, 1.82) is 0 Å². The Labute approximate surface area is 202 Å². The molecule has 1 unspecified atom stereocenters. The van der Waals surface area contributed by atoms with Gasteiger partial charge in [0, 0.05) is 23.1 Å². The summed E-state index contributed by atoms with van der Waals surface area (Å²) in [6.07, 6.45) is 20.7. The second kappa shape index (κ2) is 9.71. The van der Waals surface area contributed by atoms with Crippen LogP contribution in [0.2, 0.25) is 0 Å². The third-order valence-electron chi connectivity index (χ3n) is 4.90. The second-order valence-electron chi connectivity index (χ2n) is 7.28. The topological polar surface area (TPSA) is 67.8 Å². The van der Waals surface area contributed by atoms with E-state index < -0.39 is 10.0 Å². The Morgan fingerprint density at radius 3 is 2.75 bits per heavy atom. The van der Waals surface area contributed by atoms with Crippen LogP contribution in [0.15, 0.2) is 109 Å². The van der Waals surface area contributed by atoms with E-state index >= 15 is 0 Å². The molecule has 1 aliphatic heterocycles. The van der Waals surface area contributed by atoms with Crippen LogP contribution in [0, 0.1) is 5.92 Å². The Kier molecular flexibility index (Phi) is 6.96. The number of aliphatic imine (C=N–C) groups is 1. The average Bonchev–Trinajstić information content (AvgIpc) is 3.03. The average molecular weight is 510 g/mol. The fourth-order valence-electron chi connectivity index (χ4n) is 3.38. The Morgan fingerprint density at radius 2 is 1.91 bits per heavy atom. The fourth-order valence-corrected chi connectivity index (χ4v) is 5.44. The number of sulfonamides is 1. The molecular weight excluding hydrogens is 491 g/mol. The van der Waals surface area contributed by atoms with Crippen LogP contribution < -0.4 is 4.72 Å². The quantitative estimate of drug-likeness (QED) is 0.481. The minimum Gasteiger partial charge on any atom is -0.458 e. The molecule has 9 heteroatoms. The van der Waals surface area contributed by atoms with Gasteiger partial charge in [0.15, 0.2) is 0 Å². The summed E-state index contributed by atoms with van der Waals surface area (Å²) in [7, 11) is -3.96. The number of ether oxygens (including phenoxy) is 1. The van der Waals surface area contributed by atoms with E-state index in [0.29, 0.717) is 23.0 Å². The van der Waals surface area contributed by atoms with Crippen molar-refractivity contribution in [3.05, 3.63) is 104 Å². The molecule has 0 aromatic carbocycles. The SMILES string of the molecule is O=S(=O)(NC1=CC(Cl)=C(OC2=CC3CC=CC=C3N=C2)CC(Cl)=C1)C1=CC=CCC=C1Cl. The normalized spacial score (nSPS) is 23.0. The summed E-state index contributed by atoms with van der Waals surface area (Å²) in [5, 5.41) is 0.729. The molecule has 0 saturated carbocycles. The molecular formula is C23H19Cl3N2O3S. The molecule has 1 heterocycles. The Morgan fingerprint density at radius 1 is 1.09 bits per heavy atom. The number of nitrogens with zero attached hydrogens (tertiary/aromatic N) is 1. The van der Waals surface area contributed by atoms with E-state index in [0.717, 1.165) is 12.1 Å². The molecule has 0 aromatic heterocycles. The molecule has 0 spiro atoms. The highest BCUT2D eigenvalue weighted by atomic mass is 35.5. The van der Waals surface area contributed by atoms with Crippen molar-refractivity contribution < 1.29 is 13.2 Å². The first kappa shape index (κ1) is 22.9. The molecule has 0 amide bonds. The van der Waals surface area contributed by atoms with Gasteiger partial charge in [-0.15, -0.1) is 0 Å². The van der Waals surface area contributed by atoms with Crippen molar-refractivity contribution in [2.45, 2.75) is 19.3 Å². The highest BCUT2D eigenvalue weighted by Gasteiger charge is 2.24. The van der Waals surface area contributed by atoms with Gasteiger partial charge in [0.05, 0.1) is 22.0 Å². The van der Waals surface area contributed by atoms with E-state index in [4.69, 9.17) is 39.5 Å². The first-order valence-electron chi connectivity index (χ1n) is 9.84. The minimum atomic E-state index is -3.96. The van der Waals surface area contributed by atoms with Crippen molar-refractivity contribution in [3.63, 3.8) is 0 Å². The standard InChI is InChI=1S/C23H19Cl3N2O3S/c24-16-11-17(28-32(29,30)23-9-3-1-2-7-19(23)25)13-20(26)22(12-16)31-18-10-15-6-4-5-8-21(15)27-14-18/h1,3-5,7-11,13-15,28H,2,6,12H2. The smallest absolute Gasteiger partial charge is 0.263 e. The molecule has 166 valence electrons. The number of rotatable bonds is 5. The highest BCUT2D eigenvalue weighted by molar-refractivity contribution is 7.93. The van der Waals surface area contributed by atoms with Gasteiger partial charge in [-0.2, -0.15) is 0 Å². The lowest BCUT2D eigenvalue weighted by Gasteiger charge is -2.20. The fraction of sp³-hybridized carbons (Fsp3) is 0.174. The van der Waals surface area contributed by atoms with Gasteiger partial charge in [0.2, 0.25) is 0 Å². The van der Waals surface area contributed by atoms with Crippen LogP contribution in [0.3, 0.4) is 0 Å². The molecule has 0 fully saturated rings. The summed E-state index contributed by atoms with van der Waals surface area (Å²) >= 11 is 19.0. The van der Waals surface area contributed by atoms with Crippen LogP contribution in [-0.2, 0) is 14.8 Å².